The first-order valence-corrected chi connectivity index (χ1v) is 42.8. The van der Waals surface area contributed by atoms with E-state index in [1.54, 1.807) is 131 Å². The molecule has 9 atom stereocenters. The second-order valence-electron chi connectivity index (χ2n) is 29.3. The SMILES string of the molecule is COC(=O)[C@H](CSCNC(C)=O)NC(=O)[C@H](COCc1ccccc1)NC(=O)[C@H](COCc1ccccc1)NC(=O)[C@H](C)NC(=O)[C@@H]1CCCN1C(=O)[C@H](Cc1ccccc1)NC(=O)[C@H](CC(=O)OC1CCCCC1)NC(=O)CNC(=O)[C@H](CCCNC(=N)NS(=O)(=O)c1ccc(C)cc1)NC(=O)[C@H](CSCNC(C)=O)NC(=O)OC(C)(C)C. The number of carbonyl (C=O) groups is 14. The summed E-state index contributed by atoms with van der Waals surface area (Å²) in [5, 5.41) is 39.3. The summed E-state index contributed by atoms with van der Waals surface area (Å²) in [5.74, 6) is -11.5. The van der Waals surface area contributed by atoms with Gasteiger partial charge in [-0.3, -0.25) is 62.9 Å². The number of likely N-dealkylation sites (tertiary alicyclic amines) is 1. The van der Waals surface area contributed by atoms with Crippen molar-refractivity contribution in [2.24, 2.45) is 0 Å². The van der Waals surface area contributed by atoms with Crippen LogP contribution in [0.2, 0.25) is 0 Å². The highest BCUT2D eigenvalue weighted by molar-refractivity contribution is 7.99. The van der Waals surface area contributed by atoms with Crippen LogP contribution in [0.1, 0.15) is 128 Å². The number of esters is 2. The Labute approximate surface area is 700 Å². The van der Waals surface area contributed by atoms with Gasteiger partial charge in [0.15, 0.2) is 0 Å². The van der Waals surface area contributed by atoms with Crippen LogP contribution in [0, 0.1) is 12.3 Å². The van der Waals surface area contributed by atoms with E-state index in [0.717, 1.165) is 61.0 Å². The fourth-order valence-electron chi connectivity index (χ4n) is 12.1. The Morgan fingerprint density at radius 1 is 0.555 bits per heavy atom. The molecule has 1 heterocycles. The molecule has 0 unspecified atom stereocenters. The lowest BCUT2D eigenvalue weighted by Crippen LogP contribution is -2.60. The molecule has 1 saturated carbocycles. The molecule has 14 N–H and O–H groups in total. The number of nitrogens with one attached hydrogen (secondary N) is 14. The van der Waals surface area contributed by atoms with Gasteiger partial charge in [-0.25, -0.2) is 22.7 Å². The maximum Gasteiger partial charge on any atom is 0.408 e. The Morgan fingerprint density at radius 3 is 1.62 bits per heavy atom. The molecule has 1 aliphatic carbocycles. The minimum atomic E-state index is -4.20. The fourth-order valence-corrected chi connectivity index (χ4v) is 14.8. The van der Waals surface area contributed by atoms with Crippen molar-refractivity contribution in [1.82, 2.24) is 73.4 Å². The van der Waals surface area contributed by atoms with Crippen LogP contribution in [0.15, 0.2) is 120 Å². The average Bonchev–Trinajstić information content (AvgIpc) is 1.77. The number of sulfonamides is 1. The number of thioether (sulfide) groups is 2. The number of alkyl carbamates (subject to hydrolysis) is 1. The fraction of sp³-hybridized carbons (Fsp3) is 0.512. The molecule has 119 heavy (non-hydrogen) atoms. The average molecular weight is 1720 g/mol. The van der Waals surface area contributed by atoms with Gasteiger partial charge in [-0.05, 0) is 115 Å². The normalized spacial score (nSPS) is 15.4. The van der Waals surface area contributed by atoms with E-state index in [0.29, 0.717) is 24.0 Å². The number of ether oxygens (including phenoxy) is 5. The standard InChI is InChI=1S/C80H111N15O21S3/c1-50-33-35-58(36-34-50)119(110,111)94-78(81)82-37-21-31-59(88-74(105)64(46-117-48-84-52(3)96)93-79(109)116-80(5,6)7)70(101)83-41-67(98)87-60(40-68(99)115-57-29-19-12-20-30-57)71(102)89-61(39-54-23-13-9-14-24-54)76(107)95-38-22-32-66(95)75(106)86-51(2)69(100)90-62(44-113-42-55-25-15-10-16-26-55)72(103)91-63(45-114-43-56-27-17-11-18-28-56)73(104)92-65(77(108)112-8)47-118-49-85-53(4)97/h9-11,13-18,23-28,33-36,51,57,59-66H,12,19-22,29-32,37-49H2,1-8H3,(H,83,101)(H,84,96)(H,85,97)(H,86,106)(H,87,98)(H,88,105)(H,89,102)(H,90,100)(H,91,103)(H,92,104)(H,93,109)(H3,81,82,94)/t51-,59-,60-,61-,62-,63-,64-,65-,66-/m0/s1. The molecule has 0 aromatic heterocycles. The van der Waals surface area contributed by atoms with E-state index < -0.39 is 179 Å². The van der Waals surface area contributed by atoms with Crippen LogP contribution >= 0.6 is 23.5 Å². The molecule has 4 aromatic rings. The number of benzene rings is 4. The van der Waals surface area contributed by atoms with E-state index in [9.17, 15) is 70.7 Å². The van der Waals surface area contributed by atoms with Crippen molar-refractivity contribution in [2.75, 3.05) is 63.2 Å². The van der Waals surface area contributed by atoms with Crippen LogP contribution in [-0.4, -0.2) is 232 Å². The summed E-state index contributed by atoms with van der Waals surface area (Å²) < 4.78 is 56.3. The summed E-state index contributed by atoms with van der Waals surface area (Å²) in [5.41, 5.74) is 1.75. The lowest BCUT2D eigenvalue weighted by Gasteiger charge is -2.30. The van der Waals surface area contributed by atoms with Crippen molar-refractivity contribution in [2.45, 2.75) is 203 Å². The van der Waals surface area contributed by atoms with Crippen molar-refractivity contribution < 1.29 is 99.2 Å². The van der Waals surface area contributed by atoms with Crippen molar-refractivity contribution in [3.8, 4) is 0 Å². The molecule has 0 radical (unpaired) electrons. The molecular weight excluding hydrogens is 1600 g/mol. The van der Waals surface area contributed by atoms with E-state index in [2.05, 4.69) is 68.5 Å². The number of hydrogen-bond acceptors (Lipinski definition) is 24. The predicted octanol–water partition coefficient (Wildman–Crippen LogP) is 1.76. The number of hydrogen-bond donors (Lipinski definition) is 14. The van der Waals surface area contributed by atoms with Gasteiger partial charge in [-0.2, -0.15) is 0 Å². The molecule has 36 nitrogen and oxygen atoms in total. The number of guanidine groups is 1. The molecule has 4 aromatic carbocycles. The van der Waals surface area contributed by atoms with Crippen LogP contribution in [-0.2, 0) is 116 Å². The van der Waals surface area contributed by atoms with Crippen LogP contribution in [0.5, 0.6) is 0 Å². The highest BCUT2D eigenvalue weighted by Crippen LogP contribution is 2.23. The highest BCUT2D eigenvalue weighted by atomic mass is 32.2. The van der Waals surface area contributed by atoms with Gasteiger partial charge >= 0.3 is 18.0 Å². The summed E-state index contributed by atoms with van der Waals surface area (Å²) >= 11 is 2.15. The van der Waals surface area contributed by atoms with Gasteiger partial charge < -0.3 is 92.4 Å². The molecule has 6 rings (SSSR count). The predicted molar refractivity (Wildman–Crippen MR) is 441 cm³/mol. The highest BCUT2D eigenvalue weighted by Gasteiger charge is 2.41. The number of aryl methyl sites for hydroxylation is 1. The number of rotatable bonds is 46. The van der Waals surface area contributed by atoms with E-state index >= 15 is 4.79 Å². The van der Waals surface area contributed by atoms with E-state index in [1.165, 1.54) is 37.8 Å². The van der Waals surface area contributed by atoms with Gasteiger partial charge in [0.1, 0.15) is 66.1 Å². The summed E-state index contributed by atoms with van der Waals surface area (Å²) in [7, 11) is -3.08. The second-order valence-corrected chi connectivity index (χ2v) is 33.0. The maximum atomic E-state index is 15.2. The third-order valence-corrected chi connectivity index (χ3v) is 21.4. The Balaban J connectivity index is 1.21. The Morgan fingerprint density at radius 2 is 1.07 bits per heavy atom. The third kappa shape index (κ3) is 36.1. The monoisotopic (exact) mass is 1710 g/mol. The minimum Gasteiger partial charge on any atom is -0.467 e. The third-order valence-electron chi connectivity index (χ3n) is 18.2. The number of nitrogens with zero attached hydrogens (tertiary/aromatic N) is 1. The summed E-state index contributed by atoms with van der Waals surface area (Å²) in [6.45, 7) is 8.44. The van der Waals surface area contributed by atoms with E-state index in [4.69, 9.17) is 29.1 Å². The quantitative estimate of drug-likeness (QED) is 0.00748. The molecule has 650 valence electrons. The van der Waals surface area contributed by atoms with Gasteiger partial charge in [0.2, 0.25) is 70.9 Å². The number of carbonyl (C=O) groups excluding carboxylic acids is 14. The molecular formula is C80H111N15O21S3. The van der Waals surface area contributed by atoms with E-state index in [1.807, 2.05) is 0 Å². The van der Waals surface area contributed by atoms with Gasteiger partial charge in [-0.1, -0.05) is 115 Å². The van der Waals surface area contributed by atoms with Gasteiger partial charge in [0, 0.05) is 44.9 Å². The molecule has 39 heteroatoms. The lowest BCUT2D eigenvalue weighted by molar-refractivity contribution is -0.152. The number of methoxy groups -OCH3 is 1. The van der Waals surface area contributed by atoms with Gasteiger partial charge in [-0.15, -0.1) is 23.5 Å². The first-order valence-electron chi connectivity index (χ1n) is 39.0. The van der Waals surface area contributed by atoms with Crippen LogP contribution < -0.4 is 68.5 Å². The summed E-state index contributed by atoms with van der Waals surface area (Å²) in [6, 6.07) is 18.9. The molecule has 2 aliphatic rings. The zero-order valence-electron chi connectivity index (χ0n) is 68.0. The molecule has 2 fully saturated rings. The lowest BCUT2D eigenvalue weighted by atomic mass is 9.98. The van der Waals surface area contributed by atoms with Crippen LogP contribution in [0.3, 0.4) is 0 Å². The van der Waals surface area contributed by atoms with Crippen molar-refractivity contribution in [1.29, 1.82) is 5.41 Å². The van der Waals surface area contributed by atoms with Crippen LogP contribution in [0.25, 0.3) is 0 Å². The second kappa shape index (κ2) is 50.1. The number of amides is 12. The molecule has 12 amide bonds. The van der Waals surface area contributed by atoms with Crippen molar-refractivity contribution >= 4 is 123 Å². The topological polar surface area (TPSA) is 503 Å². The van der Waals surface area contributed by atoms with Crippen molar-refractivity contribution in [3.05, 3.63) is 138 Å². The van der Waals surface area contributed by atoms with E-state index in [-0.39, 0.29) is 98.4 Å². The Hall–Kier alpha value is -10.9. The zero-order valence-corrected chi connectivity index (χ0v) is 70.5. The van der Waals surface area contributed by atoms with Crippen molar-refractivity contribution in [3.63, 3.8) is 0 Å². The zero-order chi connectivity index (χ0) is 87.0. The maximum absolute atomic E-state index is 15.2. The van der Waals surface area contributed by atoms with Gasteiger partial charge in [0.05, 0.1) is 63.2 Å². The first kappa shape index (κ1) is 96.9. The first-order chi connectivity index (χ1) is 56.7. The smallest absolute Gasteiger partial charge is 0.408 e. The largest absolute Gasteiger partial charge is 0.467 e. The summed E-state index contributed by atoms with van der Waals surface area (Å²) in [4.78, 5) is 195. The van der Waals surface area contributed by atoms with Gasteiger partial charge in [0.25, 0.3) is 10.0 Å². The molecule has 1 saturated heterocycles. The summed E-state index contributed by atoms with van der Waals surface area (Å²) in [6.07, 6.45) is 1.04. The molecule has 0 spiro atoms. The Bertz CT molecular complexity index is 4190. The Kier molecular flexibility index (Phi) is 40.8. The molecule has 0 bridgehead atoms. The molecule has 1 aliphatic heterocycles. The van der Waals surface area contributed by atoms with Crippen LogP contribution in [0.4, 0.5) is 4.79 Å². The minimum absolute atomic E-state index is 0.00274.